The van der Waals surface area contributed by atoms with Crippen molar-refractivity contribution in [1.29, 1.82) is 0 Å². The molecule has 0 saturated carbocycles. The van der Waals surface area contributed by atoms with E-state index in [2.05, 4.69) is 15.9 Å². The highest BCUT2D eigenvalue weighted by Crippen LogP contribution is 2.37. The highest BCUT2D eigenvalue weighted by molar-refractivity contribution is 7.80. The fourth-order valence-corrected chi connectivity index (χ4v) is 4.82. The van der Waals surface area contributed by atoms with E-state index in [-0.39, 0.29) is 0 Å². The van der Waals surface area contributed by atoms with Crippen molar-refractivity contribution in [3.05, 3.63) is 90.5 Å². The molecule has 26 heavy (non-hydrogen) atoms. The minimum Gasteiger partial charge on any atom is -0.332 e. The Balaban J connectivity index is 1.79. The van der Waals surface area contributed by atoms with Crippen molar-refractivity contribution in [2.24, 2.45) is 0 Å². The van der Waals surface area contributed by atoms with Gasteiger partial charge in [0.1, 0.15) is 0 Å². The summed E-state index contributed by atoms with van der Waals surface area (Å²) in [5.74, 6) is 0. The predicted molar refractivity (Wildman–Crippen MR) is 113 cm³/mol. The van der Waals surface area contributed by atoms with Crippen LogP contribution in [0.4, 0.5) is 5.69 Å². The van der Waals surface area contributed by atoms with Crippen LogP contribution in [0.5, 0.6) is 0 Å². The van der Waals surface area contributed by atoms with Gasteiger partial charge in [0.15, 0.2) is 5.11 Å². The number of thiocarbonyl (C=S) groups is 1. The maximum absolute atomic E-state index is 13.8. The van der Waals surface area contributed by atoms with Gasteiger partial charge in [-0.2, -0.15) is 5.20 Å². The van der Waals surface area contributed by atoms with E-state index in [0.717, 1.165) is 11.3 Å². The number of aryl methyl sites for hydroxylation is 1. The van der Waals surface area contributed by atoms with Crippen molar-refractivity contribution in [2.75, 3.05) is 5.32 Å². The first kappa shape index (κ1) is 18.3. The largest absolute Gasteiger partial charge is 0.332 e. The molecule has 3 rings (SSSR count). The molecule has 0 unspecified atom stereocenters. The first-order valence-electron chi connectivity index (χ1n) is 8.20. The summed E-state index contributed by atoms with van der Waals surface area (Å²) in [5, 5.41) is 7.82. The molecule has 0 heterocycles. The third kappa shape index (κ3) is 4.38. The van der Waals surface area contributed by atoms with Gasteiger partial charge < -0.3 is 5.32 Å². The summed E-state index contributed by atoms with van der Waals surface area (Å²) in [6.45, 7) is 2.01. The van der Waals surface area contributed by atoms with Crippen molar-refractivity contribution in [2.45, 2.75) is 6.92 Å². The van der Waals surface area contributed by atoms with E-state index < -0.39 is 7.29 Å². The van der Waals surface area contributed by atoms with Crippen LogP contribution in [0, 0.1) is 6.92 Å². The van der Waals surface area contributed by atoms with Gasteiger partial charge in [-0.25, -0.2) is 0 Å². The highest BCUT2D eigenvalue weighted by atomic mass is 32.1. The molecule has 0 amide bonds. The Bertz CT molecular complexity index is 889. The topological polar surface area (TPSA) is 53.2 Å². The van der Waals surface area contributed by atoms with Crippen molar-refractivity contribution in [1.82, 2.24) is 10.6 Å². The maximum Gasteiger partial charge on any atom is 0.221 e. The summed E-state index contributed by atoms with van der Waals surface area (Å²) in [4.78, 5) is 0. The van der Waals surface area contributed by atoms with E-state index in [1.807, 2.05) is 91.9 Å². The zero-order valence-corrected chi connectivity index (χ0v) is 16.1. The molecule has 3 N–H and O–H groups in total. The molecule has 0 aliphatic rings. The van der Waals surface area contributed by atoms with E-state index >= 15 is 0 Å². The number of hydrazine groups is 1. The molecule has 4 nitrogen and oxygen atoms in total. The smallest absolute Gasteiger partial charge is 0.221 e. The van der Waals surface area contributed by atoms with Crippen LogP contribution in [-0.2, 0) is 4.57 Å². The van der Waals surface area contributed by atoms with Gasteiger partial charge in [-0.05, 0) is 61.1 Å². The second-order valence-corrected chi connectivity index (χ2v) is 8.72. The number of rotatable bonds is 5. The van der Waals surface area contributed by atoms with Gasteiger partial charge in [0, 0.05) is 16.3 Å². The van der Waals surface area contributed by atoms with Gasteiger partial charge in [0.25, 0.3) is 0 Å². The van der Waals surface area contributed by atoms with Crippen molar-refractivity contribution in [3.8, 4) is 0 Å². The predicted octanol–water partition coefficient (Wildman–Crippen LogP) is 3.72. The second-order valence-electron chi connectivity index (χ2n) is 5.84. The lowest BCUT2D eigenvalue weighted by Crippen LogP contribution is -2.42. The average Bonchev–Trinajstić information content (AvgIpc) is 2.67. The van der Waals surface area contributed by atoms with Crippen molar-refractivity contribution >= 4 is 40.9 Å². The van der Waals surface area contributed by atoms with Gasteiger partial charge in [-0.1, -0.05) is 48.5 Å². The van der Waals surface area contributed by atoms with E-state index in [9.17, 15) is 4.57 Å². The van der Waals surface area contributed by atoms with E-state index in [0.29, 0.717) is 15.7 Å². The van der Waals surface area contributed by atoms with Crippen LogP contribution in [0.15, 0.2) is 84.9 Å². The molecule has 0 aliphatic carbocycles. The number of benzene rings is 3. The van der Waals surface area contributed by atoms with Crippen LogP contribution in [0.25, 0.3) is 0 Å². The molecule has 0 saturated heterocycles. The van der Waals surface area contributed by atoms with E-state index in [1.165, 1.54) is 0 Å². The second kappa shape index (κ2) is 8.28. The minimum absolute atomic E-state index is 0.350. The maximum atomic E-state index is 13.8. The third-order valence-electron chi connectivity index (χ3n) is 3.84. The van der Waals surface area contributed by atoms with Gasteiger partial charge in [-0.15, -0.1) is 0 Å². The van der Waals surface area contributed by atoms with Crippen LogP contribution >= 0.6 is 19.5 Å². The fourth-order valence-electron chi connectivity index (χ4n) is 2.57. The molecule has 0 radical (unpaired) electrons. The van der Waals surface area contributed by atoms with Crippen LogP contribution in [0.2, 0.25) is 0 Å². The lowest BCUT2D eigenvalue weighted by atomic mass is 10.2. The molecule has 0 bridgehead atoms. The molecular formula is C20H20N3OPS. The Labute approximate surface area is 159 Å². The summed E-state index contributed by atoms with van der Waals surface area (Å²) in [7, 11) is -3.08. The lowest BCUT2D eigenvalue weighted by molar-refractivity contribution is 0.575. The SMILES string of the molecule is Cc1cccc(NC(=S)NNP(=O)(c2ccccc2)c2ccccc2)c1. The number of anilines is 1. The van der Waals surface area contributed by atoms with Gasteiger partial charge in [0.2, 0.25) is 7.29 Å². The molecule has 0 aliphatic heterocycles. The summed E-state index contributed by atoms with van der Waals surface area (Å²) in [6, 6.07) is 26.5. The zero-order valence-electron chi connectivity index (χ0n) is 14.3. The molecule has 0 fully saturated rings. The Morgan fingerprint density at radius 2 is 1.42 bits per heavy atom. The van der Waals surface area contributed by atoms with Crippen LogP contribution in [0.3, 0.4) is 0 Å². The highest BCUT2D eigenvalue weighted by Gasteiger charge is 2.27. The lowest BCUT2D eigenvalue weighted by Gasteiger charge is -2.22. The first-order valence-corrected chi connectivity index (χ1v) is 10.3. The number of hydrogen-bond donors (Lipinski definition) is 3. The Hall–Kier alpha value is -2.46. The summed E-state index contributed by atoms with van der Waals surface area (Å²) in [6.07, 6.45) is 0. The molecule has 3 aromatic carbocycles. The van der Waals surface area contributed by atoms with Crippen LogP contribution < -0.4 is 26.5 Å². The number of nitrogens with one attached hydrogen (secondary N) is 3. The summed E-state index contributed by atoms with van der Waals surface area (Å²) < 4.78 is 13.8. The van der Waals surface area contributed by atoms with Gasteiger partial charge in [-0.3, -0.25) is 9.99 Å². The van der Waals surface area contributed by atoms with Gasteiger partial charge >= 0.3 is 0 Å². The molecule has 6 heteroatoms. The third-order valence-corrected chi connectivity index (χ3v) is 6.52. The monoisotopic (exact) mass is 381 g/mol. The van der Waals surface area contributed by atoms with Crippen molar-refractivity contribution < 1.29 is 4.57 Å². The molecular weight excluding hydrogens is 361 g/mol. The van der Waals surface area contributed by atoms with Gasteiger partial charge in [0.05, 0.1) is 0 Å². The summed E-state index contributed by atoms with van der Waals surface area (Å²) in [5.41, 5.74) is 4.90. The quantitative estimate of drug-likeness (QED) is 0.357. The summed E-state index contributed by atoms with van der Waals surface area (Å²) >= 11 is 5.34. The molecule has 0 atom stereocenters. The Morgan fingerprint density at radius 3 is 1.96 bits per heavy atom. The van der Waals surface area contributed by atoms with Crippen molar-refractivity contribution in [3.63, 3.8) is 0 Å². The first-order chi connectivity index (χ1) is 12.6. The molecule has 3 aromatic rings. The van der Waals surface area contributed by atoms with E-state index in [4.69, 9.17) is 12.2 Å². The molecule has 132 valence electrons. The van der Waals surface area contributed by atoms with E-state index in [1.54, 1.807) is 0 Å². The fraction of sp³-hybridized carbons (Fsp3) is 0.0500. The standard InChI is InChI=1S/C20H20N3OPS/c1-16-9-8-10-17(15-16)21-20(26)22-23-25(24,18-11-4-2-5-12-18)19-13-6-3-7-14-19/h2-15H,1H3,(H,23,24)(H2,21,22,26). The zero-order chi connectivity index (χ0) is 18.4. The Morgan fingerprint density at radius 1 is 0.846 bits per heavy atom. The molecule has 0 spiro atoms. The average molecular weight is 381 g/mol. The Kier molecular flexibility index (Phi) is 5.84. The normalized spacial score (nSPS) is 11.0. The van der Waals surface area contributed by atoms with Crippen LogP contribution in [0.1, 0.15) is 5.56 Å². The van der Waals surface area contributed by atoms with Crippen LogP contribution in [-0.4, -0.2) is 5.11 Å². The minimum atomic E-state index is -3.08. The molecule has 0 aromatic heterocycles. The number of hydrogen-bond acceptors (Lipinski definition) is 2.